The number of ether oxygens (including phenoxy) is 1. The van der Waals surface area contributed by atoms with Crippen LogP contribution in [0.2, 0.25) is 0 Å². The molecule has 0 heterocycles. The molecule has 0 aliphatic carbocycles. The van der Waals surface area contributed by atoms with Crippen LogP contribution in [0.4, 0.5) is 0 Å². The van der Waals surface area contributed by atoms with Crippen molar-refractivity contribution in [1.82, 2.24) is 0 Å². The van der Waals surface area contributed by atoms with E-state index < -0.39 is 0 Å². The molecule has 0 bridgehead atoms. The standard InChI is InChI=1S/C8H16O3/c1-2-11-7-8(10)5-3-4-6-9/h7,9-10H,2-6H2,1H3. The molecule has 11 heavy (non-hydrogen) atoms. The van der Waals surface area contributed by atoms with Crippen molar-refractivity contribution in [3.63, 3.8) is 0 Å². The van der Waals surface area contributed by atoms with Crippen molar-refractivity contribution in [1.29, 1.82) is 0 Å². The molecule has 0 unspecified atom stereocenters. The first kappa shape index (κ1) is 10.3. The van der Waals surface area contributed by atoms with Gasteiger partial charge >= 0.3 is 0 Å². The molecule has 0 rings (SSSR count). The summed E-state index contributed by atoms with van der Waals surface area (Å²) in [6, 6.07) is 0. The highest BCUT2D eigenvalue weighted by atomic mass is 16.5. The van der Waals surface area contributed by atoms with Crippen LogP contribution < -0.4 is 0 Å². The zero-order valence-corrected chi connectivity index (χ0v) is 6.92. The Bertz CT molecular complexity index is 110. The molecule has 3 heteroatoms. The second kappa shape index (κ2) is 7.41. The first-order valence-electron chi connectivity index (χ1n) is 3.91. The Kier molecular flexibility index (Phi) is 6.94. The molecule has 0 fully saturated rings. The first-order chi connectivity index (χ1) is 5.31. The monoisotopic (exact) mass is 160 g/mol. The van der Waals surface area contributed by atoms with Crippen molar-refractivity contribution in [2.75, 3.05) is 13.2 Å². The van der Waals surface area contributed by atoms with E-state index in [0.29, 0.717) is 13.0 Å². The lowest BCUT2D eigenvalue weighted by molar-refractivity contribution is 0.237. The van der Waals surface area contributed by atoms with Gasteiger partial charge < -0.3 is 14.9 Å². The number of hydrogen-bond acceptors (Lipinski definition) is 3. The quantitative estimate of drug-likeness (QED) is 0.458. The lowest BCUT2D eigenvalue weighted by atomic mass is 10.2. The number of unbranched alkanes of at least 4 members (excludes halogenated alkanes) is 1. The topological polar surface area (TPSA) is 49.7 Å². The molecule has 3 nitrogen and oxygen atoms in total. The fourth-order valence-corrected chi connectivity index (χ4v) is 0.656. The van der Waals surface area contributed by atoms with Crippen LogP contribution in [0, 0.1) is 0 Å². The lowest BCUT2D eigenvalue weighted by Crippen LogP contribution is -1.88. The number of hydrogen-bond donors (Lipinski definition) is 2. The molecule has 0 spiro atoms. The smallest absolute Gasteiger partial charge is 0.127 e. The van der Waals surface area contributed by atoms with Crippen molar-refractivity contribution in [3.05, 3.63) is 12.0 Å². The maximum atomic E-state index is 9.06. The van der Waals surface area contributed by atoms with Crippen LogP contribution in [0.15, 0.2) is 12.0 Å². The third kappa shape index (κ3) is 7.19. The summed E-state index contributed by atoms with van der Waals surface area (Å²) < 4.78 is 4.85. The van der Waals surface area contributed by atoms with Gasteiger partial charge in [0.25, 0.3) is 0 Å². The van der Waals surface area contributed by atoms with Crippen LogP contribution in [-0.2, 0) is 4.74 Å². The lowest BCUT2D eigenvalue weighted by Gasteiger charge is -1.99. The van der Waals surface area contributed by atoms with E-state index >= 15 is 0 Å². The predicted molar refractivity (Wildman–Crippen MR) is 43.3 cm³/mol. The van der Waals surface area contributed by atoms with E-state index in [1.165, 1.54) is 6.26 Å². The second-order valence-electron chi connectivity index (χ2n) is 2.25. The summed E-state index contributed by atoms with van der Waals surface area (Å²) in [6.45, 7) is 2.61. The van der Waals surface area contributed by atoms with Gasteiger partial charge in [0.1, 0.15) is 12.0 Å². The number of allylic oxidation sites excluding steroid dienone is 1. The zero-order valence-electron chi connectivity index (χ0n) is 6.92. The average Bonchev–Trinajstić information content (AvgIpc) is 2.01. The van der Waals surface area contributed by atoms with Gasteiger partial charge in [-0.25, -0.2) is 0 Å². The van der Waals surface area contributed by atoms with E-state index in [9.17, 15) is 0 Å². The third-order valence-electron chi connectivity index (χ3n) is 1.23. The van der Waals surface area contributed by atoms with Crippen molar-refractivity contribution >= 4 is 0 Å². The minimum absolute atomic E-state index is 0.182. The van der Waals surface area contributed by atoms with Crippen LogP contribution in [0.25, 0.3) is 0 Å². The number of aliphatic hydroxyl groups is 2. The molecule has 0 saturated carbocycles. The summed E-state index contributed by atoms with van der Waals surface area (Å²) in [4.78, 5) is 0. The van der Waals surface area contributed by atoms with E-state index in [1.54, 1.807) is 0 Å². The molecular formula is C8H16O3. The van der Waals surface area contributed by atoms with Gasteiger partial charge in [0, 0.05) is 13.0 Å². The van der Waals surface area contributed by atoms with Crippen molar-refractivity contribution in [3.8, 4) is 0 Å². The van der Waals surface area contributed by atoms with Crippen molar-refractivity contribution in [2.24, 2.45) is 0 Å². The van der Waals surface area contributed by atoms with Crippen molar-refractivity contribution in [2.45, 2.75) is 26.2 Å². The molecule has 0 saturated heterocycles. The largest absolute Gasteiger partial charge is 0.509 e. The molecule has 0 aromatic carbocycles. The molecule has 0 aliphatic rings. The minimum Gasteiger partial charge on any atom is -0.509 e. The Morgan fingerprint density at radius 1 is 1.45 bits per heavy atom. The summed E-state index contributed by atoms with van der Waals surface area (Å²) in [5, 5.41) is 17.5. The molecule has 0 aromatic rings. The van der Waals surface area contributed by atoms with E-state index in [4.69, 9.17) is 14.9 Å². The van der Waals surface area contributed by atoms with Gasteiger partial charge in [0.2, 0.25) is 0 Å². The molecular weight excluding hydrogens is 144 g/mol. The predicted octanol–water partition coefficient (Wildman–Crippen LogP) is 1.58. The van der Waals surface area contributed by atoms with Gasteiger partial charge in [-0.15, -0.1) is 0 Å². The molecule has 0 amide bonds. The molecule has 0 radical (unpaired) electrons. The molecule has 0 aliphatic heterocycles. The summed E-state index contributed by atoms with van der Waals surface area (Å²) >= 11 is 0. The van der Waals surface area contributed by atoms with Gasteiger partial charge in [-0.1, -0.05) is 0 Å². The number of aliphatic hydroxyl groups excluding tert-OH is 2. The highest BCUT2D eigenvalue weighted by molar-refractivity contribution is 4.83. The summed E-state index contributed by atoms with van der Waals surface area (Å²) in [5.41, 5.74) is 0. The molecule has 0 aromatic heterocycles. The van der Waals surface area contributed by atoms with Crippen molar-refractivity contribution < 1.29 is 14.9 Å². The molecule has 0 atom stereocenters. The van der Waals surface area contributed by atoms with Crippen LogP contribution in [0.5, 0.6) is 0 Å². The Labute approximate surface area is 67.3 Å². The van der Waals surface area contributed by atoms with Gasteiger partial charge in [-0.2, -0.15) is 0 Å². The first-order valence-corrected chi connectivity index (χ1v) is 3.91. The summed E-state index contributed by atoms with van der Waals surface area (Å²) in [6.07, 6.45) is 3.47. The van der Waals surface area contributed by atoms with Gasteiger partial charge in [-0.3, -0.25) is 0 Å². The Hall–Kier alpha value is -0.700. The van der Waals surface area contributed by atoms with Gasteiger partial charge in [-0.05, 0) is 19.8 Å². The Morgan fingerprint density at radius 2 is 2.18 bits per heavy atom. The van der Waals surface area contributed by atoms with E-state index in [0.717, 1.165) is 12.8 Å². The van der Waals surface area contributed by atoms with E-state index in [1.807, 2.05) is 6.92 Å². The van der Waals surface area contributed by atoms with Crippen LogP contribution in [0.3, 0.4) is 0 Å². The van der Waals surface area contributed by atoms with Crippen LogP contribution in [0.1, 0.15) is 26.2 Å². The third-order valence-corrected chi connectivity index (χ3v) is 1.23. The Morgan fingerprint density at radius 3 is 2.73 bits per heavy atom. The van der Waals surface area contributed by atoms with Gasteiger partial charge in [0.05, 0.1) is 6.61 Å². The summed E-state index contributed by atoms with van der Waals surface area (Å²) in [5.74, 6) is 0.250. The minimum atomic E-state index is 0.182. The van der Waals surface area contributed by atoms with Crippen LogP contribution in [-0.4, -0.2) is 23.4 Å². The maximum Gasteiger partial charge on any atom is 0.127 e. The maximum absolute atomic E-state index is 9.06. The fourth-order valence-electron chi connectivity index (χ4n) is 0.656. The normalized spacial score (nSPS) is 11.6. The highest BCUT2D eigenvalue weighted by Crippen LogP contribution is 2.03. The Balaban J connectivity index is 3.27. The van der Waals surface area contributed by atoms with E-state index in [-0.39, 0.29) is 12.4 Å². The SMILES string of the molecule is CCOC=C(O)CCCCO. The highest BCUT2D eigenvalue weighted by Gasteiger charge is 1.92. The number of rotatable bonds is 6. The fraction of sp³-hybridized carbons (Fsp3) is 0.750. The van der Waals surface area contributed by atoms with E-state index in [2.05, 4.69) is 0 Å². The van der Waals surface area contributed by atoms with Crippen LogP contribution >= 0.6 is 0 Å². The average molecular weight is 160 g/mol. The molecule has 66 valence electrons. The zero-order chi connectivity index (χ0) is 8.53. The van der Waals surface area contributed by atoms with Gasteiger partial charge in [0.15, 0.2) is 0 Å². The molecule has 2 N–H and O–H groups in total. The second-order valence-corrected chi connectivity index (χ2v) is 2.25. The summed E-state index contributed by atoms with van der Waals surface area (Å²) in [7, 11) is 0.